The Bertz CT molecular complexity index is 759. The lowest BCUT2D eigenvalue weighted by Gasteiger charge is -2.03. The number of carbonyl (C=O) groups excluding carboxylic acids is 1. The summed E-state index contributed by atoms with van der Waals surface area (Å²) in [6, 6.07) is 18.1. The quantitative estimate of drug-likeness (QED) is 0.727. The summed E-state index contributed by atoms with van der Waals surface area (Å²) in [5.41, 5.74) is 3.06. The molecule has 3 rings (SSSR count). The number of fused-ring (bicyclic) bond motifs is 1. The zero-order valence-corrected chi connectivity index (χ0v) is 12.0. The molecule has 106 valence electrons. The molecule has 1 aromatic heterocycles. The standard InChI is InChI=1S/C18H18N2O/c1-20-13-16(15-9-5-6-10-17(15)20)18(21)12-19-11-14-7-3-2-4-8-14/h2-10,13,19H,11-12H2,1H3. The number of carbonyl (C=O) groups is 1. The normalized spacial score (nSPS) is 10.9. The number of nitrogens with one attached hydrogen (secondary N) is 1. The maximum atomic E-state index is 12.4. The molecule has 1 heterocycles. The molecule has 0 saturated carbocycles. The molecule has 0 amide bonds. The molecular weight excluding hydrogens is 260 g/mol. The number of ketones is 1. The van der Waals surface area contributed by atoms with Crippen LogP contribution in [-0.4, -0.2) is 16.9 Å². The molecular formula is C18H18N2O. The summed E-state index contributed by atoms with van der Waals surface area (Å²) in [6.45, 7) is 1.06. The van der Waals surface area contributed by atoms with Crippen molar-refractivity contribution in [1.82, 2.24) is 9.88 Å². The Morgan fingerprint density at radius 2 is 1.76 bits per heavy atom. The van der Waals surface area contributed by atoms with Crippen molar-refractivity contribution in [3.8, 4) is 0 Å². The van der Waals surface area contributed by atoms with Crippen molar-refractivity contribution < 1.29 is 4.79 Å². The van der Waals surface area contributed by atoms with Gasteiger partial charge < -0.3 is 9.88 Å². The topological polar surface area (TPSA) is 34.0 Å². The SMILES string of the molecule is Cn1cc(C(=O)CNCc2ccccc2)c2ccccc21. The predicted octanol–water partition coefficient (Wildman–Crippen LogP) is 3.15. The van der Waals surface area contributed by atoms with E-state index in [-0.39, 0.29) is 5.78 Å². The zero-order valence-electron chi connectivity index (χ0n) is 12.0. The summed E-state index contributed by atoms with van der Waals surface area (Å²) in [5.74, 6) is 0.128. The van der Waals surface area contributed by atoms with Gasteiger partial charge in [0.2, 0.25) is 0 Å². The second-order valence-electron chi connectivity index (χ2n) is 5.18. The monoisotopic (exact) mass is 278 g/mol. The Hall–Kier alpha value is -2.39. The third-order valence-corrected chi connectivity index (χ3v) is 3.65. The Labute approximate surface area is 124 Å². The van der Waals surface area contributed by atoms with E-state index in [9.17, 15) is 4.79 Å². The number of benzene rings is 2. The van der Waals surface area contributed by atoms with Gasteiger partial charge in [0.15, 0.2) is 5.78 Å². The zero-order chi connectivity index (χ0) is 14.7. The minimum Gasteiger partial charge on any atom is -0.350 e. The fourth-order valence-corrected chi connectivity index (χ4v) is 2.58. The molecule has 3 heteroatoms. The second kappa shape index (κ2) is 5.94. The van der Waals surface area contributed by atoms with E-state index in [4.69, 9.17) is 0 Å². The Morgan fingerprint density at radius 3 is 2.57 bits per heavy atom. The van der Waals surface area contributed by atoms with E-state index in [2.05, 4.69) is 17.4 Å². The Kier molecular flexibility index (Phi) is 3.84. The molecule has 0 aliphatic rings. The fourth-order valence-electron chi connectivity index (χ4n) is 2.58. The molecule has 0 atom stereocenters. The molecule has 0 aliphatic heterocycles. The lowest BCUT2D eigenvalue weighted by Crippen LogP contribution is -2.22. The summed E-state index contributed by atoms with van der Waals surface area (Å²) in [6.07, 6.45) is 1.91. The van der Waals surface area contributed by atoms with Crippen LogP contribution in [-0.2, 0) is 13.6 Å². The van der Waals surface area contributed by atoms with Gasteiger partial charge in [-0.15, -0.1) is 0 Å². The largest absolute Gasteiger partial charge is 0.350 e. The third-order valence-electron chi connectivity index (χ3n) is 3.65. The predicted molar refractivity (Wildman–Crippen MR) is 85.4 cm³/mol. The van der Waals surface area contributed by atoms with Gasteiger partial charge in [-0.25, -0.2) is 0 Å². The first-order chi connectivity index (χ1) is 10.3. The molecule has 0 spiro atoms. The number of hydrogen-bond acceptors (Lipinski definition) is 2. The van der Waals surface area contributed by atoms with Gasteiger partial charge >= 0.3 is 0 Å². The van der Waals surface area contributed by atoms with Gasteiger partial charge in [0.1, 0.15) is 0 Å². The average Bonchev–Trinajstić information content (AvgIpc) is 2.86. The maximum absolute atomic E-state index is 12.4. The summed E-state index contributed by atoms with van der Waals surface area (Å²) in [4.78, 5) is 12.4. The van der Waals surface area contributed by atoms with Crippen LogP contribution in [0.3, 0.4) is 0 Å². The van der Waals surface area contributed by atoms with Crippen molar-refractivity contribution in [2.24, 2.45) is 7.05 Å². The molecule has 0 bridgehead atoms. The lowest BCUT2D eigenvalue weighted by atomic mass is 10.1. The van der Waals surface area contributed by atoms with Crippen molar-refractivity contribution in [2.45, 2.75) is 6.54 Å². The smallest absolute Gasteiger partial charge is 0.178 e. The highest BCUT2D eigenvalue weighted by molar-refractivity contribution is 6.09. The molecule has 21 heavy (non-hydrogen) atoms. The summed E-state index contributed by atoms with van der Waals surface area (Å²) < 4.78 is 2.00. The molecule has 0 aliphatic carbocycles. The first-order valence-corrected chi connectivity index (χ1v) is 7.07. The molecule has 0 saturated heterocycles. The van der Waals surface area contributed by atoms with Crippen LogP contribution < -0.4 is 5.32 Å². The second-order valence-corrected chi connectivity index (χ2v) is 5.18. The third kappa shape index (κ3) is 2.88. The van der Waals surface area contributed by atoms with Crippen LogP contribution in [0.5, 0.6) is 0 Å². The van der Waals surface area contributed by atoms with E-state index < -0.39 is 0 Å². The van der Waals surface area contributed by atoms with Crippen LogP contribution in [0.4, 0.5) is 0 Å². The van der Waals surface area contributed by atoms with Gasteiger partial charge in [-0.2, -0.15) is 0 Å². The van der Waals surface area contributed by atoms with Crippen molar-refractivity contribution in [3.05, 3.63) is 71.9 Å². The highest BCUT2D eigenvalue weighted by atomic mass is 16.1. The van der Waals surface area contributed by atoms with Gasteiger partial charge in [-0.05, 0) is 11.6 Å². The van der Waals surface area contributed by atoms with Gasteiger partial charge in [0.25, 0.3) is 0 Å². The van der Waals surface area contributed by atoms with E-state index in [1.165, 1.54) is 5.56 Å². The number of para-hydroxylation sites is 1. The van der Waals surface area contributed by atoms with Crippen molar-refractivity contribution in [2.75, 3.05) is 6.54 Å². The van der Waals surface area contributed by atoms with Crippen LogP contribution in [0.2, 0.25) is 0 Å². The Balaban J connectivity index is 1.70. The summed E-state index contributed by atoms with van der Waals surface area (Å²) in [7, 11) is 1.97. The number of aryl methyl sites for hydroxylation is 1. The minimum absolute atomic E-state index is 0.128. The van der Waals surface area contributed by atoms with Gasteiger partial charge in [-0.3, -0.25) is 4.79 Å². The van der Waals surface area contributed by atoms with Crippen LogP contribution in [0.15, 0.2) is 60.8 Å². The maximum Gasteiger partial charge on any atom is 0.178 e. The van der Waals surface area contributed by atoms with Crippen LogP contribution in [0, 0.1) is 0 Å². The van der Waals surface area contributed by atoms with Crippen molar-refractivity contribution in [1.29, 1.82) is 0 Å². The average molecular weight is 278 g/mol. The minimum atomic E-state index is 0.128. The number of aromatic nitrogens is 1. The lowest BCUT2D eigenvalue weighted by molar-refractivity contribution is 0.0992. The summed E-state index contributed by atoms with van der Waals surface area (Å²) >= 11 is 0. The van der Waals surface area contributed by atoms with Gasteiger partial charge in [-0.1, -0.05) is 48.5 Å². The first kappa shape index (κ1) is 13.6. The van der Waals surface area contributed by atoms with E-state index in [0.717, 1.165) is 16.5 Å². The first-order valence-electron chi connectivity index (χ1n) is 7.07. The number of hydrogen-bond donors (Lipinski definition) is 1. The van der Waals surface area contributed by atoms with Crippen molar-refractivity contribution >= 4 is 16.7 Å². The molecule has 3 aromatic rings. The van der Waals surface area contributed by atoms with Gasteiger partial charge in [0.05, 0.1) is 6.54 Å². The van der Waals surface area contributed by atoms with Gasteiger partial charge in [0, 0.05) is 36.3 Å². The molecule has 0 fully saturated rings. The van der Waals surface area contributed by atoms with Crippen LogP contribution in [0.1, 0.15) is 15.9 Å². The molecule has 0 unspecified atom stereocenters. The molecule has 2 aromatic carbocycles. The van der Waals surface area contributed by atoms with Crippen LogP contribution in [0.25, 0.3) is 10.9 Å². The van der Waals surface area contributed by atoms with E-state index >= 15 is 0 Å². The number of Topliss-reactive ketones (excluding diaryl/α,β-unsaturated/α-hetero) is 1. The summed E-state index contributed by atoms with van der Waals surface area (Å²) in [5, 5.41) is 4.24. The number of nitrogens with zero attached hydrogens (tertiary/aromatic N) is 1. The molecule has 0 radical (unpaired) electrons. The van der Waals surface area contributed by atoms with E-state index in [0.29, 0.717) is 13.1 Å². The fraction of sp³-hybridized carbons (Fsp3) is 0.167. The Morgan fingerprint density at radius 1 is 1.05 bits per heavy atom. The van der Waals surface area contributed by atoms with Crippen LogP contribution >= 0.6 is 0 Å². The van der Waals surface area contributed by atoms with Crippen molar-refractivity contribution in [3.63, 3.8) is 0 Å². The molecule has 3 nitrogen and oxygen atoms in total. The van der Waals surface area contributed by atoms with E-state index in [1.807, 2.05) is 60.3 Å². The molecule has 1 N–H and O–H groups in total. The number of rotatable bonds is 5. The highest BCUT2D eigenvalue weighted by Gasteiger charge is 2.12. The highest BCUT2D eigenvalue weighted by Crippen LogP contribution is 2.20. The van der Waals surface area contributed by atoms with E-state index in [1.54, 1.807) is 0 Å².